The number of amides is 1. The number of likely N-dealkylation sites (tertiary alicyclic amines) is 1. The van der Waals surface area contributed by atoms with Crippen molar-refractivity contribution in [2.45, 2.75) is 25.3 Å². The molecule has 19 heavy (non-hydrogen) atoms. The number of nitrogens with two attached hydrogens (primary N) is 2. The van der Waals surface area contributed by atoms with Crippen LogP contribution in [-0.4, -0.2) is 36.5 Å². The Morgan fingerprint density at radius 3 is 2.58 bits per heavy atom. The van der Waals surface area contributed by atoms with E-state index in [1.54, 1.807) is 6.07 Å². The van der Waals surface area contributed by atoms with Gasteiger partial charge in [-0.3, -0.25) is 9.69 Å². The van der Waals surface area contributed by atoms with Crippen LogP contribution < -0.4 is 11.5 Å². The Kier molecular flexibility index (Phi) is 4.50. The summed E-state index contributed by atoms with van der Waals surface area (Å²) in [6.07, 6.45) is 3.10. The number of benzene rings is 1. The van der Waals surface area contributed by atoms with Crippen LogP contribution in [-0.2, 0) is 6.42 Å². The second-order valence-electron chi connectivity index (χ2n) is 5.02. The molecule has 1 fully saturated rings. The van der Waals surface area contributed by atoms with Crippen LogP contribution in [0.5, 0.6) is 0 Å². The van der Waals surface area contributed by atoms with Crippen molar-refractivity contribution in [1.29, 1.82) is 0 Å². The van der Waals surface area contributed by atoms with Gasteiger partial charge in [0.2, 0.25) is 0 Å². The van der Waals surface area contributed by atoms with Crippen molar-refractivity contribution in [3.8, 4) is 0 Å². The van der Waals surface area contributed by atoms with Crippen molar-refractivity contribution in [3.05, 3.63) is 35.1 Å². The maximum atomic E-state index is 13.7. The molecule has 0 spiro atoms. The van der Waals surface area contributed by atoms with E-state index in [0.717, 1.165) is 18.7 Å². The monoisotopic (exact) mass is 265 g/mol. The molecule has 0 aromatic heterocycles. The molecule has 1 aliphatic heterocycles. The van der Waals surface area contributed by atoms with E-state index in [1.807, 2.05) is 0 Å². The minimum absolute atomic E-state index is 0.0609. The Morgan fingerprint density at radius 2 is 2.05 bits per heavy atom. The maximum Gasteiger partial charge on any atom is 0.251 e. The Labute approximate surface area is 112 Å². The zero-order valence-electron chi connectivity index (χ0n) is 10.9. The molecular formula is C14H20FN3O. The topological polar surface area (TPSA) is 72.3 Å². The van der Waals surface area contributed by atoms with E-state index in [2.05, 4.69) is 4.90 Å². The van der Waals surface area contributed by atoms with Crippen LogP contribution in [0, 0.1) is 5.82 Å². The van der Waals surface area contributed by atoms with Gasteiger partial charge in [0.1, 0.15) is 5.82 Å². The highest BCUT2D eigenvalue weighted by atomic mass is 19.1. The number of halogens is 1. The summed E-state index contributed by atoms with van der Waals surface area (Å²) in [4.78, 5) is 13.3. The summed E-state index contributed by atoms with van der Waals surface area (Å²) in [7, 11) is 0. The molecule has 1 aromatic carbocycles. The summed E-state index contributed by atoms with van der Waals surface area (Å²) >= 11 is 0. The van der Waals surface area contributed by atoms with Gasteiger partial charge in [0.25, 0.3) is 5.91 Å². The number of primary amides is 1. The molecule has 0 bridgehead atoms. The highest BCUT2D eigenvalue weighted by molar-refractivity contribution is 5.93. The number of hydrogen-bond donors (Lipinski definition) is 2. The molecule has 1 atom stereocenters. The molecule has 5 heteroatoms. The molecule has 1 saturated heterocycles. The van der Waals surface area contributed by atoms with Gasteiger partial charge < -0.3 is 11.5 Å². The number of carbonyl (C=O) groups excluding carboxylic acids is 1. The van der Waals surface area contributed by atoms with Crippen molar-refractivity contribution in [3.63, 3.8) is 0 Å². The quantitative estimate of drug-likeness (QED) is 0.830. The van der Waals surface area contributed by atoms with Crippen LogP contribution in [0.3, 0.4) is 0 Å². The lowest BCUT2D eigenvalue weighted by Crippen LogP contribution is -2.40. The first-order valence-electron chi connectivity index (χ1n) is 6.64. The summed E-state index contributed by atoms with van der Waals surface area (Å²) < 4.78 is 13.7. The average Bonchev–Trinajstić information content (AvgIpc) is 2.89. The molecule has 1 amide bonds. The van der Waals surface area contributed by atoms with Crippen molar-refractivity contribution < 1.29 is 9.18 Å². The molecule has 4 nitrogen and oxygen atoms in total. The fourth-order valence-corrected chi connectivity index (χ4v) is 2.63. The third kappa shape index (κ3) is 3.30. The molecular weight excluding hydrogens is 245 g/mol. The molecule has 0 unspecified atom stereocenters. The molecule has 2 rings (SSSR count). The SMILES string of the molecule is NC[C@H](Cc1ccc(C(N)=O)c(F)c1)N1CCCC1. The predicted molar refractivity (Wildman–Crippen MR) is 72.3 cm³/mol. The molecule has 0 radical (unpaired) electrons. The van der Waals surface area contributed by atoms with Gasteiger partial charge in [-0.15, -0.1) is 0 Å². The zero-order valence-corrected chi connectivity index (χ0v) is 10.9. The molecule has 0 aliphatic carbocycles. The van der Waals surface area contributed by atoms with Gasteiger partial charge in [0.15, 0.2) is 0 Å². The van der Waals surface area contributed by atoms with E-state index in [9.17, 15) is 9.18 Å². The average molecular weight is 265 g/mol. The van der Waals surface area contributed by atoms with Crippen molar-refractivity contribution in [2.24, 2.45) is 11.5 Å². The van der Waals surface area contributed by atoms with Crippen molar-refractivity contribution >= 4 is 5.91 Å². The molecule has 104 valence electrons. The molecule has 4 N–H and O–H groups in total. The molecule has 1 heterocycles. The van der Waals surface area contributed by atoms with Gasteiger partial charge in [-0.2, -0.15) is 0 Å². The van der Waals surface area contributed by atoms with Gasteiger partial charge in [0, 0.05) is 12.6 Å². The second kappa shape index (κ2) is 6.12. The fraction of sp³-hybridized carbons (Fsp3) is 0.500. The Hall–Kier alpha value is -1.46. The smallest absolute Gasteiger partial charge is 0.251 e. The van der Waals surface area contributed by atoms with Crippen molar-refractivity contribution in [2.75, 3.05) is 19.6 Å². The van der Waals surface area contributed by atoms with Crippen molar-refractivity contribution in [1.82, 2.24) is 4.90 Å². The first-order chi connectivity index (χ1) is 9.11. The van der Waals surface area contributed by atoms with Gasteiger partial charge in [-0.25, -0.2) is 4.39 Å². The Bertz CT molecular complexity index is 458. The van der Waals surface area contributed by atoms with E-state index < -0.39 is 11.7 Å². The minimum atomic E-state index is -0.737. The molecule has 0 saturated carbocycles. The van der Waals surface area contributed by atoms with Gasteiger partial charge in [-0.05, 0) is 50.0 Å². The number of hydrogen-bond acceptors (Lipinski definition) is 3. The highest BCUT2D eigenvalue weighted by Gasteiger charge is 2.21. The van der Waals surface area contributed by atoms with Crippen LogP contribution in [0.15, 0.2) is 18.2 Å². The molecule has 1 aromatic rings. The van der Waals surface area contributed by atoms with Gasteiger partial charge in [-0.1, -0.05) is 6.07 Å². The largest absolute Gasteiger partial charge is 0.366 e. The molecule has 1 aliphatic rings. The standard InChI is InChI=1S/C14H20FN3O/c15-13-8-10(3-4-12(13)14(17)19)7-11(9-16)18-5-1-2-6-18/h3-4,8,11H,1-2,5-7,9,16H2,(H2,17,19)/t11-/m0/s1. The summed E-state index contributed by atoms with van der Waals surface area (Å²) in [5, 5.41) is 0. The first kappa shape index (κ1) is 14.0. The first-order valence-corrected chi connectivity index (χ1v) is 6.64. The summed E-state index contributed by atoms with van der Waals surface area (Å²) in [5.74, 6) is -1.29. The third-order valence-electron chi connectivity index (χ3n) is 3.70. The lowest BCUT2D eigenvalue weighted by molar-refractivity contribution is 0.0996. The second-order valence-corrected chi connectivity index (χ2v) is 5.02. The summed E-state index contributed by atoms with van der Waals surface area (Å²) in [5.41, 5.74) is 11.7. The number of rotatable bonds is 5. The number of nitrogens with zero attached hydrogens (tertiary/aromatic N) is 1. The summed E-state index contributed by atoms with van der Waals surface area (Å²) in [6.45, 7) is 2.67. The van der Waals surface area contributed by atoms with E-state index in [4.69, 9.17) is 11.5 Å². The minimum Gasteiger partial charge on any atom is -0.366 e. The zero-order chi connectivity index (χ0) is 13.8. The Balaban J connectivity index is 2.09. The van der Waals surface area contributed by atoms with Crippen LogP contribution in [0.1, 0.15) is 28.8 Å². The van der Waals surface area contributed by atoms with Gasteiger partial charge in [0.05, 0.1) is 5.56 Å². The Morgan fingerprint density at radius 1 is 1.37 bits per heavy atom. The summed E-state index contributed by atoms with van der Waals surface area (Å²) in [6, 6.07) is 4.83. The van der Waals surface area contributed by atoms with E-state index in [1.165, 1.54) is 25.0 Å². The van der Waals surface area contributed by atoms with E-state index in [-0.39, 0.29) is 11.6 Å². The highest BCUT2D eigenvalue weighted by Crippen LogP contribution is 2.17. The van der Waals surface area contributed by atoms with Crippen LogP contribution >= 0.6 is 0 Å². The predicted octanol–water partition coefficient (Wildman–Crippen LogP) is 0.890. The van der Waals surface area contributed by atoms with Crippen LogP contribution in [0.4, 0.5) is 4.39 Å². The van der Waals surface area contributed by atoms with Gasteiger partial charge >= 0.3 is 0 Å². The van der Waals surface area contributed by atoms with Crippen LogP contribution in [0.25, 0.3) is 0 Å². The maximum absolute atomic E-state index is 13.7. The normalized spacial score (nSPS) is 17.6. The lowest BCUT2D eigenvalue weighted by Gasteiger charge is -2.26. The van der Waals surface area contributed by atoms with E-state index in [0.29, 0.717) is 13.0 Å². The van der Waals surface area contributed by atoms with Crippen LogP contribution in [0.2, 0.25) is 0 Å². The fourth-order valence-electron chi connectivity index (χ4n) is 2.63. The number of carbonyl (C=O) groups is 1. The lowest BCUT2D eigenvalue weighted by atomic mass is 10.0. The third-order valence-corrected chi connectivity index (χ3v) is 3.70. The van der Waals surface area contributed by atoms with E-state index >= 15 is 0 Å².